The Bertz CT molecular complexity index is 331. The van der Waals surface area contributed by atoms with Gasteiger partial charge in [0.05, 0.1) is 0 Å². The minimum Gasteiger partial charge on any atom is -0.367 e. The minimum absolute atomic E-state index is 0.0348. The van der Waals surface area contributed by atoms with E-state index in [4.69, 9.17) is 5.84 Å². The second kappa shape index (κ2) is 5.40. The summed E-state index contributed by atoms with van der Waals surface area (Å²) >= 11 is 0. The fraction of sp³-hybridized carbons (Fsp3) is 0.500. The highest BCUT2D eigenvalue weighted by molar-refractivity contribution is 5.49. The van der Waals surface area contributed by atoms with Crippen LogP contribution in [0.5, 0.6) is 0 Å². The van der Waals surface area contributed by atoms with Gasteiger partial charge in [-0.1, -0.05) is 6.92 Å². The number of rotatable bonds is 5. The van der Waals surface area contributed by atoms with Crippen molar-refractivity contribution in [3.63, 3.8) is 0 Å². The lowest BCUT2D eigenvalue weighted by atomic mass is 10.4. The normalized spacial score (nSPS) is 10.1. The van der Waals surface area contributed by atoms with Gasteiger partial charge in [-0.2, -0.15) is 4.39 Å². The van der Waals surface area contributed by atoms with Gasteiger partial charge >= 0.3 is 0 Å². The zero-order valence-corrected chi connectivity index (χ0v) is 8.35. The van der Waals surface area contributed by atoms with E-state index in [2.05, 4.69) is 20.7 Å². The highest BCUT2D eigenvalue weighted by Gasteiger charge is 2.12. The first-order chi connectivity index (χ1) is 7.22. The van der Waals surface area contributed by atoms with Crippen molar-refractivity contribution in [1.29, 1.82) is 0 Å². The zero-order valence-electron chi connectivity index (χ0n) is 8.35. The van der Waals surface area contributed by atoms with Crippen LogP contribution in [0, 0.1) is 5.82 Å². The molecule has 0 aliphatic heterocycles. The summed E-state index contributed by atoms with van der Waals surface area (Å²) in [5.41, 5.74) is 2.05. The van der Waals surface area contributed by atoms with E-state index >= 15 is 0 Å². The molecule has 0 spiro atoms. The van der Waals surface area contributed by atoms with Crippen molar-refractivity contribution in [2.75, 3.05) is 17.3 Å². The number of nitrogens with zero attached hydrogens (tertiary/aromatic N) is 2. The van der Waals surface area contributed by atoms with Crippen LogP contribution in [-0.2, 0) is 6.67 Å². The fourth-order valence-corrected chi connectivity index (χ4v) is 1.01. The number of hydrogen-bond acceptors (Lipinski definition) is 5. The highest BCUT2D eigenvalue weighted by Crippen LogP contribution is 2.18. The first-order valence-corrected chi connectivity index (χ1v) is 4.55. The van der Waals surface area contributed by atoms with E-state index in [1.165, 1.54) is 0 Å². The molecular formula is C8H13F2N5. The quantitative estimate of drug-likeness (QED) is 0.510. The van der Waals surface area contributed by atoms with E-state index < -0.39 is 12.5 Å². The van der Waals surface area contributed by atoms with Crippen LogP contribution in [0.2, 0.25) is 0 Å². The van der Waals surface area contributed by atoms with Gasteiger partial charge in [0.2, 0.25) is 5.82 Å². The van der Waals surface area contributed by atoms with Crippen LogP contribution in [0.1, 0.15) is 19.2 Å². The lowest BCUT2D eigenvalue weighted by Gasteiger charge is -2.09. The Hall–Kier alpha value is -1.50. The topological polar surface area (TPSA) is 75.9 Å². The molecule has 0 radical (unpaired) electrons. The summed E-state index contributed by atoms with van der Waals surface area (Å²) in [6.07, 6.45) is 0.805. The predicted molar refractivity (Wildman–Crippen MR) is 53.4 cm³/mol. The largest absolute Gasteiger partial charge is 0.367 e. The van der Waals surface area contributed by atoms with Crippen LogP contribution in [-0.4, -0.2) is 16.5 Å². The average Bonchev–Trinajstić information content (AvgIpc) is 2.27. The first-order valence-electron chi connectivity index (χ1n) is 4.55. The molecule has 7 heteroatoms. The average molecular weight is 217 g/mol. The molecule has 0 saturated carbocycles. The predicted octanol–water partition coefficient (Wildman–Crippen LogP) is 1.19. The molecule has 0 unspecified atom stereocenters. The lowest BCUT2D eigenvalue weighted by molar-refractivity contribution is 0.463. The summed E-state index contributed by atoms with van der Waals surface area (Å²) in [7, 11) is 0. The van der Waals surface area contributed by atoms with Gasteiger partial charge in [-0.05, 0) is 6.42 Å². The maximum absolute atomic E-state index is 13.5. The number of hydrazine groups is 1. The standard InChI is InChI=1S/C8H13F2N5/c1-2-3-12-7-6(10)8(15-11)14-5(4-9)13-7/h2-4,11H2,1H3,(H2,12,13,14,15). The molecule has 1 aromatic rings. The van der Waals surface area contributed by atoms with Crippen LogP contribution in [0.3, 0.4) is 0 Å². The number of nitrogens with one attached hydrogen (secondary N) is 2. The van der Waals surface area contributed by atoms with E-state index in [-0.39, 0.29) is 17.5 Å². The van der Waals surface area contributed by atoms with Gasteiger partial charge in [0.15, 0.2) is 17.5 Å². The molecule has 5 nitrogen and oxygen atoms in total. The van der Waals surface area contributed by atoms with Crippen molar-refractivity contribution >= 4 is 11.6 Å². The molecule has 84 valence electrons. The monoisotopic (exact) mass is 217 g/mol. The van der Waals surface area contributed by atoms with Crippen molar-refractivity contribution in [1.82, 2.24) is 9.97 Å². The van der Waals surface area contributed by atoms with Crippen molar-refractivity contribution in [2.24, 2.45) is 5.84 Å². The number of nitrogen functional groups attached to an aromatic ring is 1. The Balaban J connectivity index is 3.01. The van der Waals surface area contributed by atoms with E-state index in [1.807, 2.05) is 6.92 Å². The summed E-state index contributed by atoms with van der Waals surface area (Å²) in [6, 6.07) is 0. The Morgan fingerprint density at radius 2 is 2.00 bits per heavy atom. The summed E-state index contributed by atoms with van der Waals surface area (Å²) < 4.78 is 25.8. The van der Waals surface area contributed by atoms with Crippen molar-refractivity contribution in [2.45, 2.75) is 20.0 Å². The molecule has 15 heavy (non-hydrogen) atoms. The van der Waals surface area contributed by atoms with Crippen LogP contribution in [0.15, 0.2) is 0 Å². The number of aromatic nitrogens is 2. The second-order valence-corrected chi connectivity index (χ2v) is 2.86. The Labute approximate surface area is 86.1 Å². The summed E-state index contributed by atoms with van der Waals surface area (Å²) in [4.78, 5) is 7.21. The highest BCUT2D eigenvalue weighted by atomic mass is 19.1. The van der Waals surface area contributed by atoms with Crippen LogP contribution >= 0.6 is 0 Å². The Morgan fingerprint density at radius 1 is 1.33 bits per heavy atom. The van der Waals surface area contributed by atoms with Gasteiger partial charge in [-0.3, -0.25) is 0 Å². The van der Waals surface area contributed by atoms with E-state index in [9.17, 15) is 8.78 Å². The molecule has 0 saturated heterocycles. The van der Waals surface area contributed by atoms with Gasteiger partial charge in [-0.15, -0.1) is 0 Å². The van der Waals surface area contributed by atoms with Crippen LogP contribution < -0.4 is 16.6 Å². The van der Waals surface area contributed by atoms with Gasteiger partial charge in [0, 0.05) is 6.54 Å². The number of alkyl halides is 1. The van der Waals surface area contributed by atoms with Crippen LogP contribution in [0.25, 0.3) is 0 Å². The number of anilines is 2. The summed E-state index contributed by atoms with van der Waals surface area (Å²) in [5, 5.41) is 2.72. The third-order valence-electron chi connectivity index (χ3n) is 1.70. The molecule has 0 bridgehead atoms. The molecule has 0 fully saturated rings. The second-order valence-electron chi connectivity index (χ2n) is 2.86. The first kappa shape index (κ1) is 11.6. The Morgan fingerprint density at radius 3 is 2.53 bits per heavy atom. The zero-order chi connectivity index (χ0) is 11.3. The third kappa shape index (κ3) is 2.72. The van der Waals surface area contributed by atoms with Crippen molar-refractivity contribution < 1.29 is 8.78 Å². The maximum atomic E-state index is 13.5. The smallest absolute Gasteiger partial charge is 0.208 e. The molecule has 4 N–H and O–H groups in total. The van der Waals surface area contributed by atoms with Crippen molar-refractivity contribution in [3.05, 3.63) is 11.6 Å². The molecule has 1 heterocycles. The summed E-state index contributed by atoms with van der Waals surface area (Å²) in [5.74, 6) is 3.98. The van der Waals surface area contributed by atoms with Gasteiger partial charge in [0.1, 0.15) is 6.67 Å². The molecule has 0 aromatic carbocycles. The number of nitrogens with two attached hydrogens (primary N) is 1. The fourth-order valence-electron chi connectivity index (χ4n) is 1.01. The lowest BCUT2D eigenvalue weighted by Crippen LogP contribution is -2.15. The number of halogens is 2. The van der Waals surface area contributed by atoms with Crippen LogP contribution in [0.4, 0.5) is 20.4 Å². The summed E-state index contributed by atoms with van der Waals surface area (Å²) in [6.45, 7) is 1.60. The molecule has 1 rings (SSSR count). The van der Waals surface area contributed by atoms with Gasteiger partial charge < -0.3 is 10.7 Å². The van der Waals surface area contributed by atoms with E-state index in [1.54, 1.807) is 0 Å². The molecule has 0 atom stereocenters. The molecule has 0 aliphatic rings. The maximum Gasteiger partial charge on any atom is 0.208 e. The minimum atomic E-state index is -0.865. The third-order valence-corrected chi connectivity index (χ3v) is 1.70. The van der Waals surface area contributed by atoms with E-state index in [0.717, 1.165) is 6.42 Å². The molecule has 0 aliphatic carbocycles. The van der Waals surface area contributed by atoms with E-state index in [0.29, 0.717) is 6.54 Å². The Kier molecular flexibility index (Phi) is 4.17. The van der Waals surface area contributed by atoms with Gasteiger partial charge in [-0.25, -0.2) is 20.2 Å². The number of hydrogen-bond donors (Lipinski definition) is 3. The molecule has 1 aromatic heterocycles. The molecule has 0 amide bonds. The molecular weight excluding hydrogens is 204 g/mol. The van der Waals surface area contributed by atoms with Gasteiger partial charge in [0.25, 0.3) is 0 Å². The van der Waals surface area contributed by atoms with Crippen molar-refractivity contribution in [3.8, 4) is 0 Å². The SMILES string of the molecule is CCCNc1nc(CF)nc(NN)c1F.